The van der Waals surface area contributed by atoms with Crippen LogP contribution in [0.4, 0.5) is 0 Å². The molecule has 15 heavy (non-hydrogen) atoms. The van der Waals surface area contributed by atoms with E-state index in [1.807, 2.05) is 0 Å². The summed E-state index contributed by atoms with van der Waals surface area (Å²) in [4.78, 5) is 0. The van der Waals surface area contributed by atoms with Crippen LogP contribution in [0.25, 0.3) is 0 Å². The Hall–Kier alpha value is 0. The molecule has 0 aromatic rings. The smallest absolute Gasteiger partial charge is 0.0355 e. The highest BCUT2D eigenvalue weighted by atomic mass is 14.5. The predicted molar refractivity (Wildman–Crippen MR) is 66.7 cm³/mol. The van der Waals surface area contributed by atoms with E-state index in [2.05, 4.69) is 27.7 Å². The number of hydrogen-bond donors (Lipinski definition) is 0. The first-order chi connectivity index (χ1) is 7.15. The summed E-state index contributed by atoms with van der Waals surface area (Å²) in [6.45, 7) is 9.87. The van der Waals surface area contributed by atoms with E-state index >= 15 is 0 Å². The van der Waals surface area contributed by atoms with Gasteiger partial charge < -0.3 is 0 Å². The highest BCUT2D eigenvalue weighted by Crippen LogP contribution is 2.52. The lowest BCUT2D eigenvalue weighted by atomic mass is 9.63. The Morgan fingerprint density at radius 3 is 2.33 bits per heavy atom. The van der Waals surface area contributed by atoms with Gasteiger partial charge in [0.25, 0.3) is 0 Å². The summed E-state index contributed by atoms with van der Waals surface area (Å²) in [6, 6.07) is 0. The normalized spacial score (nSPS) is 47.6. The van der Waals surface area contributed by atoms with Crippen LogP contribution in [0.2, 0.25) is 0 Å². The molecular formula is C15H28. The molecule has 6 atom stereocenters. The monoisotopic (exact) mass is 208 g/mol. The zero-order chi connectivity index (χ0) is 11.0. The van der Waals surface area contributed by atoms with Crippen LogP contribution in [0.15, 0.2) is 0 Å². The van der Waals surface area contributed by atoms with Crippen molar-refractivity contribution in [2.45, 2.75) is 59.8 Å². The molecule has 2 aliphatic rings. The van der Waals surface area contributed by atoms with Crippen LogP contribution in [0.1, 0.15) is 59.8 Å². The zero-order valence-electron chi connectivity index (χ0n) is 11.0. The van der Waals surface area contributed by atoms with Crippen molar-refractivity contribution in [2.24, 2.45) is 35.5 Å². The molecule has 0 nitrogen and oxygen atoms in total. The first-order valence-corrected chi connectivity index (χ1v) is 7.15. The van der Waals surface area contributed by atoms with E-state index in [1.54, 1.807) is 0 Å². The number of hydrogen-bond acceptors (Lipinski definition) is 0. The molecule has 0 bridgehead atoms. The van der Waals surface area contributed by atoms with Gasteiger partial charge in [0.05, 0.1) is 0 Å². The molecule has 2 fully saturated rings. The molecule has 0 saturated heterocycles. The number of rotatable bonds is 2. The van der Waals surface area contributed by atoms with E-state index in [9.17, 15) is 0 Å². The van der Waals surface area contributed by atoms with Gasteiger partial charge >= 0.3 is 0 Å². The second-order valence-corrected chi connectivity index (χ2v) is 6.37. The molecule has 88 valence electrons. The molecule has 2 rings (SSSR count). The third-order valence-corrected chi connectivity index (χ3v) is 5.80. The Morgan fingerprint density at radius 2 is 1.67 bits per heavy atom. The van der Waals surface area contributed by atoms with E-state index in [-0.39, 0.29) is 0 Å². The lowest BCUT2D eigenvalue weighted by molar-refractivity contribution is 0.0738. The maximum Gasteiger partial charge on any atom is -0.0355 e. The Labute approximate surface area is 95.8 Å². The van der Waals surface area contributed by atoms with Gasteiger partial charge in [-0.15, -0.1) is 0 Å². The molecule has 6 unspecified atom stereocenters. The van der Waals surface area contributed by atoms with Crippen LogP contribution in [0.5, 0.6) is 0 Å². The summed E-state index contributed by atoms with van der Waals surface area (Å²) in [5, 5.41) is 0. The quantitative estimate of drug-likeness (QED) is 0.615. The van der Waals surface area contributed by atoms with Crippen molar-refractivity contribution in [1.29, 1.82) is 0 Å². The van der Waals surface area contributed by atoms with Crippen LogP contribution < -0.4 is 0 Å². The molecule has 0 heterocycles. The van der Waals surface area contributed by atoms with Gasteiger partial charge in [-0.2, -0.15) is 0 Å². The maximum atomic E-state index is 2.55. The molecule has 0 radical (unpaired) electrons. The van der Waals surface area contributed by atoms with Gasteiger partial charge in [-0.25, -0.2) is 0 Å². The molecule has 0 aromatic carbocycles. The molecule has 0 spiro atoms. The highest BCUT2D eigenvalue weighted by molar-refractivity contribution is 4.93. The molecule has 0 N–H and O–H groups in total. The number of fused-ring (bicyclic) bond motifs is 1. The fourth-order valence-corrected chi connectivity index (χ4v) is 4.53. The first kappa shape index (κ1) is 11.5. The van der Waals surface area contributed by atoms with E-state index < -0.39 is 0 Å². The minimum Gasteiger partial charge on any atom is -0.0651 e. The SMILES string of the molecule is CCC(C)C1CCC2C(C)CCC2C1C. The van der Waals surface area contributed by atoms with E-state index in [4.69, 9.17) is 0 Å². The molecule has 0 aliphatic heterocycles. The average Bonchev–Trinajstić information content (AvgIpc) is 2.61. The first-order valence-electron chi connectivity index (χ1n) is 7.15. The van der Waals surface area contributed by atoms with Crippen molar-refractivity contribution in [3.05, 3.63) is 0 Å². The maximum absolute atomic E-state index is 2.55. The van der Waals surface area contributed by atoms with Crippen molar-refractivity contribution in [3.63, 3.8) is 0 Å². The summed E-state index contributed by atoms with van der Waals surface area (Å²) >= 11 is 0. The lowest BCUT2D eigenvalue weighted by Crippen LogP contribution is -2.34. The zero-order valence-corrected chi connectivity index (χ0v) is 11.0. The molecule has 0 heteroatoms. The largest absolute Gasteiger partial charge is 0.0651 e. The van der Waals surface area contributed by atoms with Crippen molar-refractivity contribution in [2.75, 3.05) is 0 Å². The third-order valence-electron chi connectivity index (χ3n) is 5.80. The van der Waals surface area contributed by atoms with Gasteiger partial charge in [0.15, 0.2) is 0 Å². The minimum absolute atomic E-state index is 0.955. The third kappa shape index (κ3) is 1.97. The van der Waals surface area contributed by atoms with Crippen LogP contribution >= 0.6 is 0 Å². The van der Waals surface area contributed by atoms with Crippen molar-refractivity contribution >= 4 is 0 Å². The highest BCUT2D eigenvalue weighted by Gasteiger charge is 2.43. The molecule has 0 aromatic heterocycles. The summed E-state index contributed by atoms with van der Waals surface area (Å²) in [7, 11) is 0. The second kappa shape index (κ2) is 4.47. The molecule has 2 saturated carbocycles. The summed E-state index contributed by atoms with van der Waals surface area (Å²) in [6.07, 6.45) is 7.46. The Balaban J connectivity index is 2.04. The molecule has 0 amide bonds. The Bertz CT molecular complexity index is 206. The van der Waals surface area contributed by atoms with Gasteiger partial charge in [-0.3, -0.25) is 0 Å². The van der Waals surface area contributed by atoms with E-state index in [0.717, 1.165) is 35.5 Å². The van der Waals surface area contributed by atoms with Gasteiger partial charge in [0.2, 0.25) is 0 Å². The summed E-state index contributed by atoms with van der Waals surface area (Å²) in [5.41, 5.74) is 0. The molecular weight excluding hydrogens is 180 g/mol. The minimum atomic E-state index is 0.955. The Morgan fingerprint density at radius 1 is 1.00 bits per heavy atom. The van der Waals surface area contributed by atoms with Gasteiger partial charge in [0.1, 0.15) is 0 Å². The standard InChI is InChI=1S/C15H28/c1-5-10(2)13-8-9-14-11(3)6-7-15(14)12(13)4/h10-15H,5-9H2,1-4H3. The summed E-state index contributed by atoms with van der Waals surface area (Å²) in [5.74, 6) is 6.17. The fraction of sp³-hybridized carbons (Fsp3) is 1.00. The topological polar surface area (TPSA) is 0 Å². The summed E-state index contributed by atoms with van der Waals surface area (Å²) < 4.78 is 0. The Kier molecular flexibility index (Phi) is 3.42. The van der Waals surface area contributed by atoms with Crippen molar-refractivity contribution < 1.29 is 0 Å². The predicted octanol–water partition coefficient (Wildman–Crippen LogP) is 4.74. The lowest BCUT2D eigenvalue weighted by Gasteiger charge is -2.42. The van der Waals surface area contributed by atoms with E-state index in [1.165, 1.54) is 32.1 Å². The molecule has 2 aliphatic carbocycles. The van der Waals surface area contributed by atoms with Crippen LogP contribution in [0.3, 0.4) is 0 Å². The van der Waals surface area contributed by atoms with Gasteiger partial charge in [-0.05, 0) is 54.8 Å². The van der Waals surface area contributed by atoms with Crippen molar-refractivity contribution in [3.8, 4) is 0 Å². The average molecular weight is 208 g/mol. The van der Waals surface area contributed by atoms with Crippen LogP contribution in [-0.2, 0) is 0 Å². The van der Waals surface area contributed by atoms with Gasteiger partial charge in [-0.1, -0.05) is 40.5 Å². The van der Waals surface area contributed by atoms with Crippen LogP contribution in [-0.4, -0.2) is 0 Å². The van der Waals surface area contributed by atoms with Crippen LogP contribution in [0, 0.1) is 35.5 Å². The van der Waals surface area contributed by atoms with Crippen molar-refractivity contribution in [1.82, 2.24) is 0 Å². The fourth-order valence-electron chi connectivity index (χ4n) is 4.53. The van der Waals surface area contributed by atoms with Gasteiger partial charge in [0, 0.05) is 0 Å². The second-order valence-electron chi connectivity index (χ2n) is 6.37. The van der Waals surface area contributed by atoms with E-state index in [0.29, 0.717) is 0 Å².